The van der Waals surface area contributed by atoms with Crippen molar-refractivity contribution in [2.24, 2.45) is 0 Å². The summed E-state index contributed by atoms with van der Waals surface area (Å²) in [5.74, 6) is 0. The molecular formula is C13H18N4O2S. The zero-order chi connectivity index (χ0) is 14.6. The minimum Gasteiger partial charge on any atom is -0.313 e. The molecule has 0 saturated heterocycles. The molecule has 108 valence electrons. The van der Waals surface area contributed by atoms with Gasteiger partial charge in [-0.05, 0) is 25.6 Å². The second-order valence-electron chi connectivity index (χ2n) is 4.38. The van der Waals surface area contributed by atoms with Crippen molar-refractivity contribution in [3.8, 4) is 0 Å². The predicted molar refractivity (Wildman–Crippen MR) is 78.0 cm³/mol. The highest BCUT2D eigenvalue weighted by Gasteiger charge is 2.23. The van der Waals surface area contributed by atoms with Crippen molar-refractivity contribution in [1.29, 1.82) is 0 Å². The van der Waals surface area contributed by atoms with Crippen molar-refractivity contribution in [2.75, 3.05) is 11.3 Å². The van der Waals surface area contributed by atoms with E-state index in [1.165, 1.54) is 0 Å². The minimum absolute atomic E-state index is 0.0415. The van der Waals surface area contributed by atoms with Gasteiger partial charge in [0.05, 0.1) is 0 Å². The maximum Gasteiger partial charge on any atom is 0.281 e. The number of nitrogens with one attached hydrogen (secondary N) is 3. The lowest BCUT2D eigenvalue weighted by Crippen LogP contribution is -2.19. The smallest absolute Gasteiger partial charge is 0.281 e. The van der Waals surface area contributed by atoms with Crippen LogP contribution in [0.25, 0.3) is 0 Å². The van der Waals surface area contributed by atoms with Gasteiger partial charge in [-0.3, -0.25) is 9.82 Å². The zero-order valence-electron chi connectivity index (χ0n) is 11.5. The lowest BCUT2D eigenvalue weighted by Gasteiger charge is -2.08. The third-order valence-corrected chi connectivity index (χ3v) is 4.22. The Morgan fingerprint density at radius 1 is 1.25 bits per heavy atom. The van der Waals surface area contributed by atoms with Crippen LogP contribution in [0.15, 0.2) is 35.4 Å². The number of hydrogen-bond acceptors (Lipinski definition) is 4. The first-order valence-electron chi connectivity index (χ1n) is 6.37. The van der Waals surface area contributed by atoms with Crippen LogP contribution in [0.3, 0.4) is 0 Å². The van der Waals surface area contributed by atoms with Gasteiger partial charge in [0.25, 0.3) is 10.0 Å². The molecule has 0 saturated carbocycles. The van der Waals surface area contributed by atoms with Gasteiger partial charge in [0.2, 0.25) is 5.03 Å². The van der Waals surface area contributed by atoms with Gasteiger partial charge in [-0.1, -0.05) is 25.1 Å². The van der Waals surface area contributed by atoms with Crippen molar-refractivity contribution in [1.82, 2.24) is 15.5 Å². The first-order chi connectivity index (χ1) is 9.54. The van der Waals surface area contributed by atoms with Crippen molar-refractivity contribution in [2.45, 2.75) is 25.4 Å². The maximum absolute atomic E-state index is 12.4. The Labute approximate surface area is 118 Å². The molecule has 0 unspecified atom stereocenters. The first-order valence-corrected chi connectivity index (χ1v) is 7.85. The summed E-state index contributed by atoms with van der Waals surface area (Å²) in [4.78, 5) is 0. The molecule has 0 aliphatic carbocycles. The van der Waals surface area contributed by atoms with Gasteiger partial charge in [-0.2, -0.15) is 13.5 Å². The van der Waals surface area contributed by atoms with Gasteiger partial charge < -0.3 is 5.32 Å². The van der Waals surface area contributed by atoms with E-state index in [1.807, 2.05) is 13.0 Å². The number of sulfonamides is 1. The number of aryl methyl sites for hydroxylation is 1. The van der Waals surface area contributed by atoms with E-state index in [0.29, 0.717) is 17.8 Å². The molecule has 0 spiro atoms. The normalized spacial score (nSPS) is 11.5. The average molecular weight is 294 g/mol. The zero-order valence-corrected chi connectivity index (χ0v) is 12.3. The van der Waals surface area contributed by atoms with Crippen LogP contribution < -0.4 is 10.0 Å². The number of nitrogens with zero attached hydrogens (tertiary/aromatic N) is 1. The van der Waals surface area contributed by atoms with Gasteiger partial charge in [-0.25, -0.2) is 0 Å². The first kappa shape index (κ1) is 14.5. The second-order valence-corrected chi connectivity index (χ2v) is 5.98. The Hall–Kier alpha value is -1.86. The summed E-state index contributed by atoms with van der Waals surface area (Å²) in [5, 5.41) is 9.81. The van der Waals surface area contributed by atoms with Crippen LogP contribution >= 0.6 is 0 Å². The molecule has 0 aliphatic rings. The van der Waals surface area contributed by atoms with Gasteiger partial charge in [0, 0.05) is 23.5 Å². The molecule has 1 heterocycles. The lowest BCUT2D eigenvalue weighted by atomic mass is 10.2. The van der Waals surface area contributed by atoms with Crippen LogP contribution in [0.4, 0.5) is 5.69 Å². The highest BCUT2D eigenvalue weighted by atomic mass is 32.2. The third-order valence-electron chi connectivity index (χ3n) is 2.87. The molecule has 0 amide bonds. The predicted octanol–water partition coefficient (Wildman–Crippen LogP) is 1.63. The SMILES string of the molecule is CCNCc1c(S(=O)(=O)Nc2ccccc2)n[nH]c1C. The lowest BCUT2D eigenvalue weighted by molar-refractivity contribution is 0.594. The van der Waals surface area contributed by atoms with E-state index >= 15 is 0 Å². The van der Waals surface area contributed by atoms with E-state index in [1.54, 1.807) is 31.2 Å². The fourth-order valence-electron chi connectivity index (χ4n) is 1.82. The standard InChI is InChI=1S/C13H18N4O2S/c1-3-14-9-12-10(2)15-16-13(12)20(18,19)17-11-7-5-4-6-8-11/h4-8,14,17H,3,9H2,1-2H3,(H,15,16). The molecule has 2 rings (SSSR count). The summed E-state index contributed by atoms with van der Waals surface area (Å²) in [7, 11) is -3.69. The number of hydrogen-bond donors (Lipinski definition) is 3. The number of anilines is 1. The van der Waals surface area contributed by atoms with E-state index in [2.05, 4.69) is 20.2 Å². The van der Waals surface area contributed by atoms with Crippen LogP contribution in [0, 0.1) is 6.92 Å². The summed E-state index contributed by atoms with van der Waals surface area (Å²) in [5.41, 5.74) is 1.93. The van der Waals surface area contributed by atoms with Gasteiger partial charge in [0.15, 0.2) is 0 Å². The van der Waals surface area contributed by atoms with Crippen LogP contribution in [0.5, 0.6) is 0 Å². The summed E-state index contributed by atoms with van der Waals surface area (Å²) in [6.45, 7) is 4.99. The third kappa shape index (κ3) is 3.17. The maximum atomic E-state index is 12.4. The molecule has 0 bridgehead atoms. The Morgan fingerprint density at radius 2 is 1.95 bits per heavy atom. The molecule has 0 fully saturated rings. The Bertz CT molecular complexity index is 665. The molecule has 2 aromatic rings. The number of aromatic amines is 1. The van der Waals surface area contributed by atoms with E-state index in [4.69, 9.17) is 0 Å². The largest absolute Gasteiger partial charge is 0.313 e. The Balaban J connectivity index is 2.30. The Kier molecular flexibility index (Phi) is 4.41. The number of benzene rings is 1. The highest BCUT2D eigenvalue weighted by Crippen LogP contribution is 2.19. The van der Waals surface area contributed by atoms with Crippen molar-refractivity contribution < 1.29 is 8.42 Å². The molecule has 20 heavy (non-hydrogen) atoms. The molecule has 0 atom stereocenters. The fraction of sp³-hybridized carbons (Fsp3) is 0.308. The minimum atomic E-state index is -3.69. The van der Waals surface area contributed by atoms with Crippen LogP contribution in [0.2, 0.25) is 0 Å². The molecule has 0 aliphatic heterocycles. The molecule has 0 radical (unpaired) electrons. The van der Waals surface area contributed by atoms with E-state index in [0.717, 1.165) is 12.2 Å². The molecule has 7 heteroatoms. The summed E-state index contributed by atoms with van der Waals surface area (Å²) >= 11 is 0. The fourth-order valence-corrected chi connectivity index (χ4v) is 3.08. The topological polar surface area (TPSA) is 86.9 Å². The van der Waals surface area contributed by atoms with Crippen LogP contribution in [-0.2, 0) is 16.6 Å². The number of para-hydroxylation sites is 1. The molecule has 1 aromatic heterocycles. The molecule has 6 nitrogen and oxygen atoms in total. The quantitative estimate of drug-likeness (QED) is 0.755. The average Bonchev–Trinajstić information content (AvgIpc) is 2.79. The second kappa shape index (κ2) is 6.06. The number of rotatable bonds is 6. The van der Waals surface area contributed by atoms with E-state index < -0.39 is 10.0 Å². The van der Waals surface area contributed by atoms with Gasteiger partial charge >= 0.3 is 0 Å². The summed E-state index contributed by atoms with van der Waals surface area (Å²) < 4.78 is 27.3. The number of H-pyrrole nitrogens is 1. The van der Waals surface area contributed by atoms with Gasteiger partial charge in [-0.15, -0.1) is 0 Å². The molecule has 3 N–H and O–H groups in total. The molecule has 1 aromatic carbocycles. The number of aromatic nitrogens is 2. The highest BCUT2D eigenvalue weighted by molar-refractivity contribution is 7.92. The van der Waals surface area contributed by atoms with Gasteiger partial charge in [0.1, 0.15) is 0 Å². The van der Waals surface area contributed by atoms with Crippen molar-refractivity contribution in [3.63, 3.8) is 0 Å². The molecular weight excluding hydrogens is 276 g/mol. The Morgan fingerprint density at radius 3 is 2.60 bits per heavy atom. The monoisotopic (exact) mass is 294 g/mol. The van der Waals surface area contributed by atoms with Crippen molar-refractivity contribution >= 4 is 15.7 Å². The summed E-state index contributed by atoms with van der Waals surface area (Å²) in [6.07, 6.45) is 0. The van der Waals surface area contributed by atoms with Crippen LogP contribution in [0.1, 0.15) is 18.2 Å². The van der Waals surface area contributed by atoms with E-state index in [9.17, 15) is 8.42 Å². The van der Waals surface area contributed by atoms with Crippen LogP contribution in [-0.4, -0.2) is 25.2 Å². The summed E-state index contributed by atoms with van der Waals surface area (Å²) in [6, 6.07) is 8.76. The van der Waals surface area contributed by atoms with Crippen molar-refractivity contribution in [3.05, 3.63) is 41.6 Å². The van der Waals surface area contributed by atoms with E-state index in [-0.39, 0.29) is 5.03 Å².